The van der Waals surface area contributed by atoms with E-state index in [-0.39, 0.29) is 0 Å². The molecule has 0 N–H and O–H groups in total. The van der Waals surface area contributed by atoms with Crippen molar-refractivity contribution < 1.29 is 4.79 Å². The number of hydrogen-bond acceptors (Lipinski definition) is 2. The molecule has 0 aromatic heterocycles. The summed E-state index contributed by atoms with van der Waals surface area (Å²) in [4.78, 5) is 13.5. The SMILES string of the molecule is CCC1CCC(=O)C(CC2Cc3ccccc3S2)C1. The summed E-state index contributed by atoms with van der Waals surface area (Å²) in [5.74, 6) is 1.66. The Hall–Kier alpha value is -0.760. The van der Waals surface area contributed by atoms with E-state index in [1.165, 1.54) is 16.9 Å². The monoisotopic (exact) mass is 274 g/mol. The van der Waals surface area contributed by atoms with Crippen LogP contribution >= 0.6 is 11.8 Å². The van der Waals surface area contributed by atoms with Gasteiger partial charge in [0.1, 0.15) is 5.78 Å². The number of rotatable bonds is 3. The highest BCUT2D eigenvalue weighted by molar-refractivity contribution is 8.00. The molecule has 3 atom stereocenters. The molecule has 2 aliphatic rings. The largest absolute Gasteiger partial charge is 0.299 e. The zero-order chi connectivity index (χ0) is 13.2. The van der Waals surface area contributed by atoms with E-state index in [4.69, 9.17) is 0 Å². The Bertz CT molecular complexity index is 443. The highest BCUT2D eigenvalue weighted by Gasteiger charge is 2.32. The summed E-state index contributed by atoms with van der Waals surface area (Å²) >= 11 is 1.99. The van der Waals surface area contributed by atoms with Crippen molar-refractivity contribution in [3.63, 3.8) is 0 Å². The maximum atomic E-state index is 12.1. The van der Waals surface area contributed by atoms with Crippen molar-refractivity contribution in [1.82, 2.24) is 0 Å². The molecule has 1 heterocycles. The molecule has 2 heteroatoms. The van der Waals surface area contributed by atoms with Gasteiger partial charge in [-0.05, 0) is 43.2 Å². The quantitative estimate of drug-likeness (QED) is 0.808. The number of carbonyl (C=O) groups is 1. The van der Waals surface area contributed by atoms with E-state index >= 15 is 0 Å². The first-order chi connectivity index (χ1) is 9.26. The molecular formula is C17H22OS. The van der Waals surface area contributed by atoms with E-state index in [9.17, 15) is 4.79 Å². The van der Waals surface area contributed by atoms with Gasteiger partial charge in [0.2, 0.25) is 0 Å². The third kappa shape index (κ3) is 2.89. The zero-order valence-corrected chi connectivity index (χ0v) is 12.4. The minimum atomic E-state index is 0.338. The molecule has 1 aliphatic carbocycles. The van der Waals surface area contributed by atoms with Gasteiger partial charge in [-0.2, -0.15) is 0 Å². The molecular weight excluding hydrogens is 252 g/mol. The van der Waals surface area contributed by atoms with E-state index in [2.05, 4.69) is 31.2 Å². The van der Waals surface area contributed by atoms with Gasteiger partial charge in [0.15, 0.2) is 0 Å². The van der Waals surface area contributed by atoms with Crippen LogP contribution in [-0.4, -0.2) is 11.0 Å². The highest BCUT2D eigenvalue weighted by Crippen LogP contribution is 2.42. The Labute approximate surface area is 120 Å². The van der Waals surface area contributed by atoms with Crippen molar-refractivity contribution in [3.8, 4) is 0 Å². The third-order valence-electron chi connectivity index (χ3n) is 4.71. The van der Waals surface area contributed by atoms with Crippen LogP contribution in [0.3, 0.4) is 0 Å². The standard InChI is InChI=1S/C17H22OS/c1-2-12-7-8-16(18)14(9-12)11-15-10-13-5-3-4-6-17(13)19-15/h3-6,12,14-15H,2,7-11H2,1H3. The number of hydrogen-bond donors (Lipinski definition) is 0. The summed E-state index contributed by atoms with van der Waals surface area (Å²) in [5, 5.41) is 0.627. The minimum absolute atomic E-state index is 0.338. The lowest BCUT2D eigenvalue weighted by Gasteiger charge is -2.28. The molecule has 0 spiro atoms. The van der Waals surface area contributed by atoms with Gasteiger partial charge in [0, 0.05) is 22.5 Å². The lowest BCUT2D eigenvalue weighted by molar-refractivity contribution is -0.125. The maximum Gasteiger partial charge on any atom is 0.136 e. The number of benzene rings is 1. The number of carbonyl (C=O) groups excluding carboxylic acids is 1. The number of Topliss-reactive ketones (excluding diaryl/α,β-unsaturated/α-hetero) is 1. The van der Waals surface area contributed by atoms with E-state index in [1.807, 2.05) is 11.8 Å². The van der Waals surface area contributed by atoms with Crippen molar-refractivity contribution in [3.05, 3.63) is 29.8 Å². The Balaban J connectivity index is 1.62. The molecule has 0 radical (unpaired) electrons. The third-order valence-corrected chi connectivity index (χ3v) is 6.06. The van der Waals surface area contributed by atoms with Crippen LogP contribution in [0.5, 0.6) is 0 Å². The predicted molar refractivity (Wildman–Crippen MR) is 80.5 cm³/mol. The van der Waals surface area contributed by atoms with Gasteiger partial charge in [-0.1, -0.05) is 31.5 Å². The van der Waals surface area contributed by atoms with Gasteiger partial charge in [-0.3, -0.25) is 4.79 Å². The summed E-state index contributed by atoms with van der Waals surface area (Å²) in [6.45, 7) is 2.26. The summed E-state index contributed by atoms with van der Waals surface area (Å²) in [7, 11) is 0. The van der Waals surface area contributed by atoms with Crippen molar-refractivity contribution >= 4 is 17.5 Å². The van der Waals surface area contributed by atoms with Crippen LogP contribution in [-0.2, 0) is 11.2 Å². The van der Waals surface area contributed by atoms with Gasteiger partial charge >= 0.3 is 0 Å². The molecule has 1 saturated carbocycles. The van der Waals surface area contributed by atoms with Gasteiger partial charge < -0.3 is 0 Å². The van der Waals surface area contributed by atoms with Crippen molar-refractivity contribution in [2.45, 2.75) is 55.6 Å². The smallest absolute Gasteiger partial charge is 0.136 e. The topological polar surface area (TPSA) is 17.1 Å². The van der Waals surface area contributed by atoms with Crippen molar-refractivity contribution in [1.29, 1.82) is 0 Å². The fourth-order valence-corrected chi connectivity index (χ4v) is 4.91. The van der Waals surface area contributed by atoms with Gasteiger partial charge in [0.25, 0.3) is 0 Å². The second-order valence-corrected chi connectivity index (χ2v) is 7.34. The number of ketones is 1. The van der Waals surface area contributed by atoms with Crippen molar-refractivity contribution in [2.75, 3.05) is 0 Å². The van der Waals surface area contributed by atoms with E-state index < -0.39 is 0 Å². The number of thioether (sulfide) groups is 1. The molecule has 1 aromatic carbocycles. The molecule has 0 amide bonds. The summed E-state index contributed by atoms with van der Waals surface area (Å²) in [6.07, 6.45) is 6.58. The summed E-state index contributed by atoms with van der Waals surface area (Å²) in [6, 6.07) is 8.70. The Morgan fingerprint density at radius 2 is 2.16 bits per heavy atom. The highest BCUT2D eigenvalue weighted by atomic mass is 32.2. The van der Waals surface area contributed by atoms with Crippen LogP contribution in [0.25, 0.3) is 0 Å². The fourth-order valence-electron chi connectivity index (χ4n) is 3.50. The normalized spacial score (nSPS) is 30.4. The lowest BCUT2D eigenvalue weighted by Crippen LogP contribution is -2.27. The predicted octanol–water partition coefficient (Wildman–Crippen LogP) is 4.49. The lowest BCUT2D eigenvalue weighted by atomic mass is 9.77. The molecule has 19 heavy (non-hydrogen) atoms. The summed E-state index contributed by atoms with van der Waals surface area (Å²) in [5.41, 5.74) is 1.48. The van der Waals surface area contributed by atoms with E-state index in [0.29, 0.717) is 17.0 Å². The van der Waals surface area contributed by atoms with Gasteiger partial charge in [-0.15, -0.1) is 11.8 Å². The molecule has 0 saturated heterocycles. The minimum Gasteiger partial charge on any atom is -0.299 e. The second-order valence-electron chi connectivity index (χ2n) is 6.00. The van der Waals surface area contributed by atoms with Crippen LogP contribution in [0.15, 0.2) is 29.2 Å². The van der Waals surface area contributed by atoms with Crippen LogP contribution in [0.1, 0.15) is 44.6 Å². The van der Waals surface area contributed by atoms with Crippen LogP contribution in [0, 0.1) is 11.8 Å². The average Bonchev–Trinajstić information content (AvgIpc) is 2.83. The van der Waals surface area contributed by atoms with Crippen LogP contribution in [0.4, 0.5) is 0 Å². The van der Waals surface area contributed by atoms with Crippen LogP contribution < -0.4 is 0 Å². The summed E-state index contributed by atoms with van der Waals surface area (Å²) < 4.78 is 0. The zero-order valence-electron chi connectivity index (χ0n) is 11.6. The van der Waals surface area contributed by atoms with Gasteiger partial charge in [0.05, 0.1) is 0 Å². The Morgan fingerprint density at radius 1 is 1.32 bits per heavy atom. The molecule has 1 nitrogen and oxygen atoms in total. The first-order valence-electron chi connectivity index (χ1n) is 7.53. The average molecular weight is 274 g/mol. The molecule has 102 valence electrons. The molecule has 1 fully saturated rings. The first-order valence-corrected chi connectivity index (χ1v) is 8.41. The van der Waals surface area contributed by atoms with E-state index in [1.54, 1.807) is 0 Å². The van der Waals surface area contributed by atoms with Crippen molar-refractivity contribution in [2.24, 2.45) is 11.8 Å². The second kappa shape index (κ2) is 5.70. The Kier molecular flexibility index (Phi) is 3.97. The molecule has 0 bridgehead atoms. The van der Waals surface area contributed by atoms with Gasteiger partial charge in [-0.25, -0.2) is 0 Å². The van der Waals surface area contributed by atoms with Crippen LogP contribution in [0.2, 0.25) is 0 Å². The number of fused-ring (bicyclic) bond motifs is 1. The molecule has 3 unspecified atom stereocenters. The Morgan fingerprint density at radius 3 is 2.95 bits per heavy atom. The fraction of sp³-hybridized carbons (Fsp3) is 0.588. The maximum absolute atomic E-state index is 12.1. The first kappa shape index (κ1) is 13.2. The molecule has 3 rings (SSSR count). The molecule has 1 aromatic rings. The van der Waals surface area contributed by atoms with E-state index in [0.717, 1.165) is 38.0 Å². The molecule has 1 aliphatic heterocycles.